The normalized spacial score (nSPS) is 15.5. The number of halogens is 2. The fourth-order valence-electron chi connectivity index (χ4n) is 3.51. The summed E-state index contributed by atoms with van der Waals surface area (Å²) in [6.45, 7) is 3.02. The molecule has 1 atom stereocenters. The molecule has 33 heavy (non-hydrogen) atoms. The van der Waals surface area contributed by atoms with E-state index in [1.807, 2.05) is 24.3 Å². The maximum atomic E-state index is 14.9. The number of rotatable bonds is 8. The standard InChI is InChI=1S/C23H22BrFN4O4/c1-14(30)27-12-19-13-29(23(31)32-19)17-6-7-20(21(25)8-17)16-4-2-15(3-5-16)10-26-11-18-9-22(24)28-33-18/h2-9,19,26H,10-13H2,1H3,(H,27,30)/t19-/m0/s1. The zero-order valence-electron chi connectivity index (χ0n) is 17.8. The summed E-state index contributed by atoms with van der Waals surface area (Å²) in [5, 5.41) is 9.65. The molecule has 0 saturated carbocycles. The van der Waals surface area contributed by atoms with E-state index in [4.69, 9.17) is 9.26 Å². The van der Waals surface area contributed by atoms with Crippen molar-refractivity contribution in [2.75, 3.05) is 18.0 Å². The second kappa shape index (κ2) is 10.1. The highest BCUT2D eigenvalue weighted by molar-refractivity contribution is 9.10. The number of amides is 2. The quantitative estimate of drug-likeness (QED) is 0.469. The van der Waals surface area contributed by atoms with Crippen molar-refractivity contribution in [2.24, 2.45) is 0 Å². The summed E-state index contributed by atoms with van der Waals surface area (Å²) in [4.78, 5) is 24.6. The van der Waals surface area contributed by atoms with Crippen molar-refractivity contribution in [2.45, 2.75) is 26.1 Å². The minimum atomic E-state index is -0.563. The first kappa shape index (κ1) is 22.9. The van der Waals surface area contributed by atoms with Crippen LogP contribution in [-0.4, -0.2) is 36.4 Å². The first-order valence-electron chi connectivity index (χ1n) is 10.3. The molecule has 172 valence electrons. The average Bonchev–Trinajstić information content (AvgIpc) is 3.38. The number of carbonyl (C=O) groups excluding carboxylic acids is 2. The Balaban J connectivity index is 1.37. The fraction of sp³-hybridized carbons (Fsp3) is 0.261. The van der Waals surface area contributed by atoms with Crippen LogP contribution >= 0.6 is 15.9 Å². The second-order valence-corrected chi connectivity index (χ2v) is 8.45. The van der Waals surface area contributed by atoms with Crippen LogP contribution in [0.1, 0.15) is 18.2 Å². The molecule has 8 nitrogen and oxygen atoms in total. The van der Waals surface area contributed by atoms with Crippen molar-refractivity contribution < 1.29 is 23.2 Å². The summed E-state index contributed by atoms with van der Waals surface area (Å²) in [5.74, 6) is 0.0844. The first-order chi connectivity index (χ1) is 15.9. The lowest BCUT2D eigenvalue weighted by atomic mass is 10.0. The third-order valence-electron chi connectivity index (χ3n) is 5.14. The Morgan fingerprint density at radius 2 is 2.00 bits per heavy atom. The van der Waals surface area contributed by atoms with E-state index >= 15 is 0 Å². The SMILES string of the molecule is CC(=O)NC[C@H]1CN(c2ccc(-c3ccc(CNCc4cc(Br)no4)cc3)c(F)c2)C(=O)O1. The third kappa shape index (κ3) is 5.77. The van der Waals surface area contributed by atoms with E-state index in [1.165, 1.54) is 17.9 Å². The van der Waals surface area contributed by atoms with Gasteiger partial charge in [0, 0.05) is 25.1 Å². The van der Waals surface area contributed by atoms with Crippen LogP contribution in [0.5, 0.6) is 0 Å². The van der Waals surface area contributed by atoms with Crippen molar-refractivity contribution in [1.29, 1.82) is 0 Å². The summed E-state index contributed by atoms with van der Waals surface area (Å²) in [6.07, 6.45) is -1.04. The van der Waals surface area contributed by atoms with Gasteiger partial charge in [-0.2, -0.15) is 0 Å². The van der Waals surface area contributed by atoms with E-state index in [2.05, 4.69) is 31.7 Å². The van der Waals surface area contributed by atoms with Gasteiger partial charge in [0.2, 0.25) is 5.91 Å². The van der Waals surface area contributed by atoms with E-state index in [1.54, 1.807) is 18.2 Å². The van der Waals surface area contributed by atoms with Crippen LogP contribution in [0, 0.1) is 5.82 Å². The summed E-state index contributed by atoms with van der Waals surface area (Å²) in [5.41, 5.74) is 2.62. The Morgan fingerprint density at radius 1 is 1.21 bits per heavy atom. The monoisotopic (exact) mass is 516 g/mol. The van der Waals surface area contributed by atoms with Crippen molar-refractivity contribution in [3.05, 3.63) is 70.3 Å². The molecule has 1 saturated heterocycles. The van der Waals surface area contributed by atoms with Crippen molar-refractivity contribution in [1.82, 2.24) is 15.8 Å². The topological polar surface area (TPSA) is 96.7 Å². The lowest BCUT2D eigenvalue weighted by Gasteiger charge is -2.15. The minimum absolute atomic E-state index is 0.204. The largest absolute Gasteiger partial charge is 0.442 e. The van der Waals surface area contributed by atoms with Gasteiger partial charge < -0.3 is 19.9 Å². The molecule has 2 heterocycles. The van der Waals surface area contributed by atoms with Gasteiger partial charge in [-0.15, -0.1) is 0 Å². The number of cyclic esters (lactones) is 1. The van der Waals surface area contributed by atoms with Crippen LogP contribution in [0.15, 0.2) is 57.7 Å². The van der Waals surface area contributed by atoms with E-state index in [0.717, 1.165) is 16.9 Å². The molecule has 0 radical (unpaired) electrons. The van der Waals surface area contributed by atoms with Crippen molar-refractivity contribution in [3.63, 3.8) is 0 Å². The first-order valence-corrected chi connectivity index (χ1v) is 11.1. The van der Waals surface area contributed by atoms with Gasteiger partial charge in [0.05, 0.1) is 25.3 Å². The molecule has 4 rings (SSSR count). The number of carbonyl (C=O) groups is 2. The van der Waals surface area contributed by atoms with Gasteiger partial charge in [-0.3, -0.25) is 9.69 Å². The fourth-order valence-corrected chi connectivity index (χ4v) is 3.83. The van der Waals surface area contributed by atoms with Crippen molar-refractivity contribution in [3.8, 4) is 11.1 Å². The number of hydrogen-bond donors (Lipinski definition) is 2. The maximum absolute atomic E-state index is 14.9. The molecular formula is C23H22BrFN4O4. The number of ether oxygens (including phenoxy) is 1. The lowest BCUT2D eigenvalue weighted by Crippen LogP contribution is -2.33. The molecule has 0 unspecified atom stereocenters. The minimum Gasteiger partial charge on any atom is -0.442 e. The number of aromatic nitrogens is 1. The molecule has 10 heteroatoms. The van der Waals surface area contributed by atoms with Gasteiger partial charge in [0.25, 0.3) is 0 Å². The molecule has 3 aromatic rings. The van der Waals surface area contributed by atoms with Crippen LogP contribution in [0.4, 0.5) is 14.9 Å². The van der Waals surface area contributed by atoms with Gasteiger partial charge in [-0.1, -0.05) is 29.4 Å². The lowest BCUT2D eigenvalue weighted by molar-refractivity contribution is -0.119. The Hall–Kier alpha value is -3.24. The molecule has 1 fully saturated rings. The highest BCUT2D eigenvalue weighted by Crippen LogP contribution is 2.29. The third-order valence-corrected chi connectivity index (χ3v) is 5.51. The Kier molecular flexibility index (Phi) is 7.05. The predicted molar refractivity (Wildman–Crippen MR) is 123 cm³/mol. The summed E-state index contributed by atoms with van der Waals surface area (Å²) in [7, 11) is 0. The molecule has 2 aromatic carbocycles. The van der Waals surface area contributed by atoms with Gasteiger partial charge in [0.1, 0.15) is 16.5 Å². The number of benzene rings is 2. The molecule has 1 aliphatic heterocycles. The van der Waals surface area contributed by atoms with Crippen LogP contribution in [0.2, 0.25) is 0 Å². The average molecular weight is 517 g/mol. The van der Waals surface area contributed by atoms with E-state index < -0.39 is 18.0 Å². The number of nitrogens with zero attached hydrogens (tertiary/aromatic N) is 2. The summed E-state index contributed by atoms with van der Waals surface area (Å²) < 4.78 is 25.9. The number of anilines is 1. The van der Waals surface area contributed by atoms with Crippen LogP contribution < -0.4 is 15.5 Å². The number of nitrogens with one attached hydrogen (secondary N) is 2. The Morgan fingerprint density at radius 3 is 2.67 bits per heavy atom. The highest BCUT2D eigenvalue weighted by atomic mass is 79.9. The van der Waals surface area contributed by atoms with Gasteiger partial charge in [0.15, 0.2) is 5.76 Å². The number of hydrogen-bond acceptors (Lipinski definition) is 6. The molecule has 1 aliphatic rings. The van der Waals surface area contributed by atoms with E-state index in [0.29, 0.717) is 28.9 Å². The molecule has 2 N–H and O–H groups in total. The van der Waals surface area contributed by atoms with Crippen molar-refractivity contribution >= 4 is 33.6 Å². The highest BCUT2D eigenvalue weighted by Gasteiger charge is 2.32. The zero-order valence-corrected chi connectivity index (χ0v) is 19.4. The Bertz CT molecular complexity index is 1150. The molecular weight excluding hydrogens is 495 g/mol. The van der Waals surface area contributed by atoms with Gasteiger partial charge in [-0.05, 0) is 45.3 Å². The maximum Gasteiger partial charge on any atom is 0.414 e. The van der Waals surface area contributed by atoms with Crippen LogP contribution in [0.25, 0.3) is 11.1 Å². The Labute approximate surface area is 198 Å². The molecule has 1 aromatic heterocycles. The van der Waals surface area contributed by atoms with Crippen LogP contribution in [0.3, 0.4) is 0 Å². The molecule has 0 aliphatic carbocycles. The summed E-state index contributed by atoms with van der Waals surface area (Å²) in [6, 6.07) is 14.0. The second-order valence-electron chi connectivity index (χ2n) is 7.63. The van der Waals surface area contributed by atoms with E-state index in [-0.39, 0.29) is 19.0 Å². The van der Waals surface area contributed by atoms with Gasteiger partial charge in [-0.25, -0.2) is 9.18 Å². The molecule has 2 amide bonds. The summed E-state index contributed by atoms with van der Waals surface area (Å²) >= 11 is 3.24. The van der Waals surface area contributed by atoms with Gasteiger partial charge >= 0.3 is 6.09 Å². The molecule has 0 bridgehead atoms. The predicted octanol–water partition coefficient (Wildman–Crippen LogP) is 3.99. The van der Waals surface area contributed by atoms with Crippen LogP contribution in [-0.2, 0) is 22.6 Å². The molecule has 0 spiro atoms. The van der Waals surface area contributed by atoms with E-state index in [9.17, 15) is 14.0 Å². The smallest absolute Gasteiger partial charge is 0.414 e. The zero-order chi connectivity index (χ0) is 23.4.